The summed E-state index contributed by atoms with van der Waals surface area (Å²) < 4.78 is 9.34. The molecule has 0 N–H and O–H groups in total. The fourth-order valence-corrected chi connectivity index (χ4v) is 0.968. The lowest BCUT2D eigenvalue weighted by molar-refractivity contribution is -0.161. The number of carbonyl (C=O) groups is 2. The third-order valence-corrected chi connectivity index (χ3v) is 1.55. The molecule has 0 aliphatic carbocycles. The van der Waals surface area contributed by atoms with Crippen molar-refractivity contribution in [2.75, 3.05) is 6.61 Å². The van der Waals surface area contributed by atoms with Gasteiger partial charge < -0.3 is 9.47 Å². The van der Waals surface area contributed by atoms with E-state index in [0.717, 1.165) is 0 Å². The number of hydrogen-bond acceptors (Lipinski definition) is 4. The molecule has 1 fully saturated rings. The molecule has 0 aromatic rings. The van der Waals surface area contributed by atoms with Crippen molar-refractivity contribution in [2.24, 2.45) is 0 Å². The number of fused-ring (bicyclic) bond motifs is 1. The second kappa shape index (κ2) is 2.37. The third-order valence-electron chi connectivity index (χ3n) is 1.55. The van der Waals surface area contributed by atoms with Crippen molar-refractivity contribution < 1.29 is 19.1 Å². The number of nitrogens with zero attached hydrogens (tertiary/aromatic N) is 1. The quantitative estimate of drug-likeness (QED) is 0.367. The molecule has 12 heavy (non-hydrogen) atoms. The van der Waals surface area contributed by atoms with Crippen LogP contribution in [0.2, 0.25) is 0 Å². The van der Waals surface area contributed by atoms with Gasteiger partial charge in [-0.05, 0) is 0 Å². The van der Waals surface area contributed by atoms with Crippen LogP contribution in [0.4, 0.5) is 0 Å². The van der Waals surface area contributed by atoms with E-state index < -0.39 is 11.9 Å². The highest BCUT2D eigenvalue weighted by molar-refractivity contribution is 6.33. The monoisotopic (exact) mass is 167 g/mol. The van der Waals surface area contributed by atoms with Crippen molar-refractivity contribution in [2.45, 2.75) is 0 Å². The topological polar surface area (TPSA) is 55.8 Å². The van der Waals surface area contributed by atoms with E-state index in [-0.39, 0.29) is 6.61 Å². The van der Waals surface area contributed by atoms with Crippen LogP contribution in [0.25, 0.3) is 0 Å². The molecule has 0 aromatic carbocycles. The molecule has 5 heteroatoms. The molecular formula is C7H5NO4. The number of ether oxygens (including phenoxy) is 2. The van der Waals surface area contributed by atoms with Crippen LogP contribution < -0.4 is 0 Å². The van der Waals surface area contributed by atoms with Crippen molar-refractivity contribution in [3.63, 3.8) is 0 Å². The minimum atomic E-state index is -0.835. The molecule has 0 radical (unpaired) electrons. The van der Waals surface area contributed by atoms with E-state index in [9.17, 15) is 9.59 Å². The maximum Gasteiger partial charge on any atom is 0.398 e. The normalized spacial score (nSPS) is 21.0. The number of cyclic esters (lactones) is 1. The highest BCUT2D eigenvalue weighted by Gasteiger charge is 2.31. The van der Waals surface area contributed by atoms with Gasteiger partial charge >= 0.3 is 11.9 Å². The van der Waals surface area contributed by atoms with Crippen molar-refractivity contribution in [3.05, 3.63) is 24.4 Å². The van der Waals surface area contributed by atoms with Gasteiger partial charge in [0.25, 0.3) is 0 Å². The molecule has 0 saturated carbocycles. The first-order valence-corrected chi connectivity index (χ1v) is 3.30. The summed E-state index contributed by atoms with van der Waals surface area (Å²) in [6.07, 6.45) is 4.07. The number of amides is 1. The van der Waals surface area contributed by atoms with Gasteiger partial charge in [-0.1, -0.05) is 0 Å². The van der Waals surface area contributed by atoms with Crippen LogP contribution in [-0.2, 0) is 19.1 Å². The van der Waals surface area contributed by atoms with Crippen molar-refractivity contribution in [1.29, 1.82) is 0 Å². The molecule has 2 rings (SSSR count). The summed E-state index contributed by atoms with van der Waals surface area (Å²) >= 11 is 0. The summed E-state index contributed by atoms with van der Waals surface area (Å²) in [6, 6.07) is 0. The lowest BCUT2D eigenvalue weighted by Gasteiger charge is -2.26. The highest BCUT2D eigenvalue weighted by atomic mass is 16.5. The molecule has 0 atom stereocenters. The molecule has 2 heterocycles. The predicted molar refractivity (Wildman–Crippen MR) is 36.1 cm³/mol. The Bertz CT molecular complexity index is 303. The molecule has 1 amide bonds. The zero-order valence-electron chi connectivity index (χ0n) is 6.02. The molecule has 2 aliphatic rings. The zero-order valence-corrected chi connectivity index (χ0v) is 6.02. The van der Waals surface area contributed by atoms with Gasteiger partial charge in [0.2, 0.25) is 0 Å². The summed E-state index contributed by atoms with van der Waals surface area (Å²) in [5.41, 5.74) is 0.530. The second-order valence-corrected chi connectivity index (χ2v) is 2.28. The first-order valence-electron chi connectivity index (χ1n) is 3.30. The van der Waals surface area contributed by atoms with Gasteiger partial charge in [0.1, 0.15) is 19.1 Å². The Balaban J connectivity index is 2.31. The molecule has 62 valence electrons. The summed E-state index contributed by atoms with van der Waals surface area (Å²) in [5.74, 6) is -1.52. The van der Waals surface area contributed by atoms with E-state index in [1.54, 1.807) is 0 Å². The molecule has 5 nitrogen and oxygen atoms in total. The van der Waals surface area contributed by atoms with Gasteiger partial charge in [-0.3, -0.25) is 9.69 Å². The fraction of sp³-hybridized carbons (Fsp3) is 0.143. The maximum absolute atomic E-state index is 11.1. The molecule has 0 unspecified atom stereocenters. The Labute approximate surface area is 67.8 Å². The largest absolute Gasteiger partial charge is 0.469 e. The Morgan fingerprint density at radius 2 is 2.25 bits per heavy atom. The van der Waals surface area contributed by atoms with Crippen molar-refractivity contribution >= 4 is 11.9 Å². The van der Waals surface area contributed by atoms with Gasteiger partial charge in [0.15, 0.2) is 0 Å². The predicted octanol–water partition coefficient (Wildman–Crippen LogP) is -0.285. The average Bonchev–Trinajstić information content (AvgIpc) is 2.12. The highest BCUT2D eigenvalue weighted by Crippen LogP contribution is 2.16. The van der Waals surface area contributed by atoms with Crippen molar-refractivity contribution in [3.8, 4) is 0 Å². The van der Waals surface area contributed by atoms with Gasteiger partial charge in [-0.15, -0.1) is 0 Å². The minimum Gasteiger partial charge on any atom is -0.469 e. The van der Waals surface area contributed by atoms with Gasteiger partial charge in [-0.2, -0.15) is 0 Å². The molecule has 0 spiro atoms. The molecule has 0 bridgehead atoms. The smallest absolute Gasteiger partial charge is 0.398 e. The number of rotatable bonds is 0. The summed E-state index contributed by atoms with van der Waals surface area (Å²) in [4.78, 5) is 23.0. The van der Waals surface area contributed by atoms with E-state index in [1.807, 2.05) is 0 Å². The first kappa shape index (κ1) is 6.90. The SMILES string of the molecule is O=C1OCC2=COC=CN2C1=O. The number of carbonyl (C=O) groups excluding carboxylic acids is 2. The number of esters is 1. The van der Waals surface area contributed by atoms with Crippen LogP contribution in [0.5, 0.6) is 0 Å². The summed E-state index contributed by atoms with van der Waals surface area (Å²) in [6.45, 7) is 0.0783. The average molecular weight is 167 g/mol. The second-order valence-electron chi connectivity index (χ2n) is 2.28. The van der Waals surface area contributed by atoms with Crippen LogP contribution >= 0.6 is 0 Å². The van der Waals surface area contributed by atoms with E-state index in [1.165, 1.54) is 23.6 Å². The van der Waals surface area contributed by atoms with Crippen molar-refractivity contribution in [1.82, 2.24) is 4.90 Å². The maximum atomic E-state index is 11.1. The Kier molecular flexibility index (Phi) is 1.36. The van der Waals surface area contributed by atoms with Crippen LogP contribution in [0, 0.1) is 0 Å². The van der Waals surface area contributed by atoms with E-state index >= 15 is 0 Å². The molecule has 0 aromatic heterocycles. The molecule has 2 aliphatic heterocycles. The van der Waals surface area contributed by atoms with E-state index in [2.05, 4.69) is 4.74 Å². The Morgan fingerprint density at radius 1 is 1.42 bits per heavy atom. The van der Waals surface area contributed by atoms with E-state index in [4.69, 9.17) is 4.74 Å². The lowest BCUT2D eigenvalue weighted by Crippen LogP contribution is -2.41. The van der Waals surface area contributed by atoms with Crippen LogP contribution in [0.3, 0.4) is 0 Å². The Hall–Kier alpha value is -1.78. The van der Waals surface area contributed by atoms with Gasteiger partial charge in [-0.25, -0.2) is 4.79 Å². The third kappa shape index (κ3) is 0.868. The number of hydrogen-bond donors (Lipinski definition) is 0. The standard InChI is InChI=1S/C7H5NO4/c9-6-7(10)12-4-5-3-11-2-1-8(5)6/h1-3H,4H2. The fourth-order valence-electron chi connectivity index (χ4n) is 0.968. The first-order chi connectivity index (χ1) is 5.79. The van der Waals surface area contributed by atoms with Crippen LogP contribution in [-0.4, -0.2) is 23.4 Å². The van der Waals surface area contributed by atoms with Crippen LogP contribution in [0.15, 0.2) is 24.4 Å². The lowest BCUT2D eigenvalue weighted by atomic mass is 10.3. The Morgan fingerprint density at radius 3 is 3.08 bits per heavy atom. The zero-order chi connectivity index (χ0) is 8.55. The summed E-state index contributed by atoms with van der Waals surface area (Å²) in [7, 11) is 0. The van der Waals surface area contributed by atoms with Gasteiger partial charge in [0.05, 0.1) is 5.70 Å². The molecular weight excluding hydrogens is 162 g/mol. The van der Waals surface area contributed by atoms with E-state index in [0.29, 0.717) is 5.70 Å². The number of morpholine rings is 1. The van der Waals surface area contributed by atoms with Crippen LogP contribution in [0.1, 0.15) is 0 Å². The summed E-state index contributed by atoms with van der Waals surface area (Å²) in [5, 5.41) is 0. The minimum absolute atomic E-state index is 0.0783. The molecule has 1 saturated heterocycles. The van der Waals surface area contributed by atoms with Gasteiger partial charge in [0, 0.05) is 6.20 Å².